The van der Waals surface area contributed by atoms with Crippen LogP contribution in [0.4, 0.5) is 0 Å². The Kier molecular flexibility index (Phi) is 2.42. The lowest BCUT2D eigenvalue weighted by Crippen LogP contribution is -2.02. The van der Waals surface area contributed by atoms with Crippen molar-refractivity contribution in [3.63, 3.8) is 0 Å². The molecule has 1 aromatic carbocycles. The van der Waals surface area contributed by atoms with Gasteiger partial charge in [0.15, 0.2) is 0 Å². The summed E-state index contributed by atoms with van der Waals surface area (Å²) in [5.41, 5.74) is 7.76. The van der Waals surface area contributed by atoms with Gasteiger partial charge in [-0.25, -0.2) is 4.98 Å². The average molecular weight is 227 g/mol. The van der Waals surface area contributed by atoms with Crippen LogP contribution in [0.3, 0.4) is 0 Å². The van der Waals surface area contributed by atoms with Crippen LogP contribution in [0, 0.1) is 0 Å². The average Bonchev–Trinajstić information content (AvgIpc) is 2.98. The molecule has 0 aliphatic rings. The summed E-state index contributed by atoms with van der Waals surface area (Å²) < 4.78 is 7.75. The highest BCUT2D eigenvalue weighted by molar-refractivity contribution is 5.82. The van der Waals surface area contributed by atoms with E-state index in [-0.39, 0.29) is 0 Å². The number of rotatable bonds is 3. The van der Waals surface area contributed by atoms with Gasteiger partial charge in [-0.15, -0.1) is 0 Å². The second-order valence-corrected chi connectivity index (χ2v) is 3.94. The monoisotopic (exact) mass is 227 g/mol. The molecule has 0 saturated heterocycles. The number of aromatic nitrogens is 2. The second-order valence-electron chi connectivity index (χ2n) is 3.94. The minimum Gasteiger partial charge on any atom is -0.459 e. The van der Waals surface area contributed by atoms with Gasteiger partial charge in [0.05, 0.1) is 19.4 Å². The van der Waals surface area contributed by atoms with Gasteiger partial charge in [-0.3, -0.25) is 0 Å². The van der Waals surface area contributed by atoms with Gasteiger partial charge in [-0.1, -0.05) is 18.2 Å². The molecule has 0 aliphatic heterocycles. The van der Waals surface area contributed by atoms with Crippen molar-refractivity contribution in [2.24, 2.45) is 5.73 Å². The van der Waals surface area contributed by atoms with E-state index < -0.39 is 0 Å². The molecule has 2 N–H and O–H groups in total. The number of hydrogen-bond acceptors (Lipinski definition) is 3. The van der Waals surface area contributed by atoms with Crippen molar-refractivity contribution in [2.75, 3.05) is 0 Å². The van der Waals surface area contributed by atoms with Crippen molar-refractivity contribution in [1.82, 2.24) is 9.55 Å². The number of nitrogens with zero attached hydrogens (tertiary/aromatic N) is 2. The number of furan rings is 1. The molecule has 0 amide bonds. The Balaban J connectivity index is 2.12. The Morgan fingerprint density at radius 3 is 2.94 bits per heavy atom. The van der Waals surface area contributed by atoms with Crippen molar-refractivity contribution in [2.45, 2.75) is 13.1 Å². The van der Waals surface area contributed by atoms with E-state index in [1.165, 1.54) is 0 Å². The predicted octanol–water partition coefficient (Wildman–Crippen LogP) is 2.14. The number of nitrogens with two attached hydrogens (primary N) is 1. The highest BCUT2D eigenvalue weighted by Gasteiger charge is 2.12. The molecule has 4 heteroatoms. The van der Waals surface area contributed by atoms with Gasteiger partial charge in [-0.05, 0) is 6.07 Å². The molecule has 4 nitrogen and oxygen atoms in total. The van der Waals surface area contributed by atoms with E-state index in [2.05, 4.69) is 11.1 Å². The van der Waals surface area contributed by atoms with Crippen LogP contribution in [0.1, 0.15) is 11.3 Å². The third-order valence-corrected chi connectivity index (χ3v) is 2.87. The largest absolute Gasteiger partial charge is 0.459 e. The molecular weight excluding hydrogens is 214 g/mol. The highest BCUT2D eigenvalue weighted by Crippen LogP contribution is 2.26. The van der Waals surface area contributed by atoms with Crippen LogP contribution >= 0.6 is 0 Å². The Hall–Kier alpha value is -2.07. The van der Waals surface area contributed by atoms with Crippen molar-refractivity contribution >= 4 is 11.0 Å². The molecule has 0 atom stereocenters. The molecule has 3 rings (SSSR count). The van der Waals surface area contributed by atoms with Gasteiger partial charge in [0.1, 0.15) is 11.3 Å². The molecule has 0 saturated carbocycles. The van der Waals surface area contributed by atoms with E-state index in [1.807, 2.05) is 29.0 Å². The first-order chi connectivity index (χ1) is 8.38. The summed E-state index contributed by atoms with van der Waals surface area (Å²) in [6, 6.07) is 8.00. The van der Waals surface area contributed by atoms with E-state index in [4.69, 9.17) is 10.2 Å². The quantitative estimate of drug-likeness (QED) is 0.745. The van der Waals surface area contributed by atoms with Crippen LogP contribution in [-0.2, 0) is 13.1 Å². The Morgan fingerprint density at radius 1 is 1.29 bits per heavy atom. The lowest BCUT2D eigenvalue weighted by atomic mass is 10.1. The Labute approximate surface area is 98.7 Å². The topological polar surface area (TPSA) is 57.0 Å². The van der Waals surface area contributed by atoms with Gasteiger partial charge in [0, 0.05) is 23.3 Å². The predicted molar refractivity (Wildman–Crippen MR) is 65.4 cm³/mol. The number of benzene rings is 1. The third kappa shape index (κ3) is 1.72. The molecule has 2 aromatic heterocycles. The van der Waals surface area contributed by atoms with E-state index in [1.54, 1.807) is 12.5 Å². The van der Waals surface area contributed by atoms with Gasteiger partial charge in [0.25, 0.3) is 0 Å². The summed E-state index contributed by atoms with van der Waals surface area (Å²) in [5.74, 6) is 0.847. The first-order valence-corrected chi connectivity index (χ1v) is 5.53. The van der Waals surface area contributed by atoms with E-state index in [0.29, 0.717) is 6.54 Å². The number of hydrogen-bond donors (Lipinski definition) is 1. The van der Waals surface area contributed by atoms with Gasteiger partial charge in [0.2, 0.25) is 0 Å². The first-order valence-electron chi connectivity index (χ1n) is 5.53. The summed E-state index contributed by atoms with van der Waals surface area (Å²) in [7, 11) is 0. The fourth-order valence-corrected chi connectivity index (χ4v) is 2.05. The van der Waals surface area contributed by atoms with E-state index in [0.717, 1.165) is 28.8 Å². The highest BCUT2D eigenvalue weighted by atomic mass is 16.3. The van der Waals surface area contributed by atoms with Crippen molar-refractivity contribution in [3.05, 3.63) is 54.3 Å². The minimum atomic E-state index is 0.415. The normalized spacial score (nSPS) is 11.1. The van der Waals surface area contributed by atoms with Crippen LogP contribution in [0.15, 0.2) is 47.4 Å². The van der Waals surface area contributed by atoms with Crippen LogP contribution < -0.4 is 5.73 Å². The molecule has 0 fully saturated rings. The molecule has 0 radical (unpaired) electrons. The summed E-state index contributed by atoms with van der Waals surface area (Å²) in [5, 5.41) is 1.13. The number of para-hydroxylation sites is 1. The lowest BCUT2D eigenvalue weighted by Gasteiger charge is -2.02. The zero-order chi connectivity index (χ0) is 11.7. The molecule has 0 unspecified atom stereocenters. The molecule has 0 bridgehead atoms. The van der Waals surface area contributed by atoms with Crippen molar-refractivity contribution in [3.8, 4) is 0 Å². The van der Waals surface area contributed by atoms with E-state index >= 15 is 0 Å². The maximum atomic E-state index is 5.74. The maximum absolute atomic E-state index is 5.74. The number of imidazole rings is 1. The van der Waals surface area contributed by atoms with E-state index in [9.17, 15) is 0 Å². The van der Waals surface area contributed by atoms with Crippen LogP contribution in [-0.4, -0.2) is 9.55 Å². The molecule has 2 heterocycles. The lowest BCUT2D eigenvalue weighted by molar-refractivity contribution is 0.542. The van der Waals surface area contributed by atoms with Gasteiger partial charge < -0.3 is 14.7 Å². The molecule has 0 aliphatic carbocycles. The molecule has 3 aromatic rings. The molecule has 0 spiro atoms. The Morgan fingerprint density at radius 2 is 2.18 bits per heavy atom. The molecular formula is C13H13N3O. The second kappa shape index (κ2) is 4.07. The Bertz CT molecular complexity index is 625. The van der Waals surface area contributed by atoms with Gasteiger partial charge >= 0.3 is 0 Å². The summed E-state index contributed by atoms with van der Waals surface area (Å²) >= 11 is 0. The standard InChI is InChI=1S/C13H13N3O/c14-7-13-11(8-16-6-5-15-9-16)10-3-1-2-4-12(10)17-13/h1-6,9H,7-8,14H2. The third-order valence-electron chi connectivity index (χ3n) is 2.87. The summed E-state index contributed by atoms with van der Waals surface area (Å²) in [6.07, 6.45) is 5.49. The fraction of sp³-hybridized carbons (Fsp3) is 0.154. The SMILES string of the molecule is NCc1oc2ccccc2c1Cn1ccnc1. The number of fused-ring (bicyclic) bond motifs is 1. The molecule has 17 heavy (non-hydrogen) atoms. The first kappa shape index (κ1) is 10.1. The van der Waals surface area contributed by atoms with Crippen molar-refractivity contribution in [1.29, 1.82) is 0 Å². The fourth-order valence-electron chi connectivity index (χ4n) is 2.05. The van der Waals surface area contributed by atoms with Crippen molar-refractivity contribution < 1.29 is 4.42 Å². The smallest absolute Gasteiger partial charge is 0.134 e. The summed E-state index contributed by atoms with van der Waals surface area (Å²) in [6.45, 7) is 1.16. The maximum Gasteiger partial charge on any atom is 0.134 e. The summed E-state index contributed by atoms with van der Waals surface area (Å²) in [4.78, 5) is 4.04. The zero-order valence-electron chi connectivity index (χ0n) is 9.34. The van der Waals surface area contributed by atoms with Crippen LogP contribution in [0.2, 0.25) is 0 Å². The zero-order valence-corrected chi connectivity index (χ0v) is 9.34. The van der Waals surface area contributed by atoms with Crippen LogP contribution in [0.5, 0.6) is 0 Å². The minimum absolute atomic E-state index is 0.415. The van der Waals surface area contributed by atoms with Gasteiger partial charge in [-0.2, -0.15) is 0 Å². The molecule has 86 valence electrons. The van der Waals surface area contributed by atoms with Crippen LogP contribution in [0.25, 0.3) is 11.0 Å².